The van der Waals surface area contributed by atoms with Crippen molar-refractivity contribution in [2.24, 2.45) is 5.41 Å². The average molecular weight is 252 g/mol. The summed E-state index contributed by atoms with van der Waals surface area (Å²) in [5, 5.41) is 0. The molecule has 0 radical (unpaired) electrons. The SMILES string of the molecule is C=CC12OC3CC1(C(=O)OC)CCOC2CC3=O. The summed E-state index contributed by atoms with van der Waals surface area (Å²) in [5.41, 5.74) is -1.72. The maximum atomic E-state index is 12.2. The molecule has 3 rings (SSSR count). The number of Topliss-reactive ketones (excluding diaryl/α,β-unsaturated/α-hetero) is 1. The summed E-state index contributed by atoms with van der Waals surface area (Å²) in [6.07, 6.45) is 1.85. The van der Waals surface area contributed by atoms with Gasteiger partial charge in [0, 0.05) is 19.4 Å². The Labute approximate surface area is 105 Å². The van der Waals surface area contributed by atoms with Crippen LogP contribution >= 0.6 is 0 Å². The zero-order valence-electron chi connectivity index (χ0n) is 10.3. The van der Waals surface area contributed by atoms with Crippen LogP contribution < -0.4 is 0 Å². The Morgan fingerprint density at radius 2 is 2.39 bits per heavy atom. The van der Waals surface area contributed by atoms with Gasteiger partial charge in [0.25, 0.3) is 0 Å². The highest BCUT2D eigenvalue weighted by Crippen LogP contribution is 2.58. The summed E-state index contributed by atoms with van der Waals surface area (Å²) in [7, 11) is 1.36. The van der Waals surface area contributed by atoms with Crippen LogP contribution in [0.2, 0.25) is 0 Å². The van der Waals surface area contributed by atoms with E-state index in [0.717, 1.165) is 0 Å². The van der Waals surface area contributed by atoms with E-state index in [9.17, 15) is 9.59 Å². The van der Waals surface area contributed by atoms with Crippen molar-refractivity contribution in [1.82, 2.24) is 0 Å². The van der Waals surface area contributed by atoms with E-state index in [1.165, 1.54) is 7.11 Å². The molecule has 0 aromatic carbocycles. The van der Waals surface area contributed by atoms with Crippen LogP contribution in [0.25, 0.3) is 0 Å². The Hall–Kier alpha value is -1.20. The van der Waals surface area contributed by atoms with Gasteiger partial charge in [-0.25, -0.2) is 0 Å². The molecule has 18 heavy (non-hydrogen) atoms. The second kappa shape index (κ2) is 3.65. The lowest BCUT2D eigenvalue weighted by atomic mass is 9.65. The Bertz CT molecular complexity index is 431. The molecule has 0 aliphatic carbocycles. The molecule has 3 heterocycles. The van der Waals surface area contributed by atoms with Crippen LogP contribution in [0.1, 0.15) is 19.3 Å². The minimum Gasteiger partial charge on any atom is -0.468 e. The van der Waals surface area contributed by atoms with Gasteiger partial charge in [-0.05, 0) is 6.42 Å². The van der Waals surface area contributed by atoms with Gasteiger partial charge in [-0.1, -0.05) is 6.08 Å². The number of ketones is 1. The van der Waals surface area contributed by atoms with Crippen LogP contribution in [-0.4, -0.2) is 43.3 Å². The number of hydrogen-bond donors (Lipinski definition) is 0. The molecule has 3 fully saturated rings. The first-order valence-corrected chi connectivity index (χ1v) is 6.14. The van der Waals surface area contributed by atoms with Crippen LogP contribution in [0.5, 0.6) is 0 Å². The second-order valence-electron chi connectivity index (χ2n) is 5.16. The molecule has 98 valence electrons. The molecule has 4 atom stereocenters. The number of carbonyl (C=O) groups excluding carboxylic acids is 2. The van der Waals surface area contributed by atoms with Crippen molar-refractivity contribution in [2.45, 2.75) is 37.1 Å². The van der Waals surface area contributed by atoms with Crippen molar-refractivity contribution in [2.75, 3.05) is 13.7 Å². The first kappa shape index (κ1) is 11.9. The summed E-state index contributed by atoms with van der Waals surface area (Å²) in [5.74, 6) is -0.321. The van der Waals surface area contributed by atoms with Gasteiger partial charge in [-0.2, -0.15) is 0 Å². The third-order valence-electron chi connectivity index (χ3n) is 4.57. The van der Waals surface area contributed by atoms with Gasteiger partial charge in [0.15, 0.2) is 5.78 Å². The van der Waals surface area contributed by atoms with Crippen molar-refractivity contribution < 1.29 is 23.8 Å². The van der Waals surface area contributed by atoms with E-state index in [4.69, 9.17) is 14.2 Å². The summed E-state index contributed by atoms with van der Waals surface area (Å²) in [4.78, 5) is 24.2. The van der Waals surface area contributed by atoms with Crippen molar-refractivity contribution in [3.8, 4) is 0 Å². The number of ether oxygens (including phenoxy) is 3. The Kier molecular flexibility index (Phi) is 2.40. The molecule has 3 saturated heterocycles. The molecule has 5 nitrogen and oxygen atoms in total. The topological polar surface area (TPSA) is 61.8 Å². The highest BCUT2D eigenvalue weighted by molar-refractivity contribution is 5.90. The zero-order chi connectivity index (χ0) is 13.0. The fourth-order valence-electron chi connectivity index (χ4n) is 3.67. The van der Waals surface area contributed by atoms with Crippen LogP contribution in [0, 0.1) is 5.41 Å². The number of carbonyl (C=O) groups is 2. The molecular weight excluding hydrogens is 236 g/mol. The van der Waals surface area contributed by atoms with Crippen molar-refractivity contribution >= 4 is 11.8 Å². The number of rotatable bonds is 2. The summed E-state index contributed by atoms with van der Waals surface area (Å²) < 4.78 is 16.4. The van der Waals surface area contributed by atoms with Gasteiger partial charge >= 0.3 is 5.97 Å². The number of hydrogen-bond acceptors (Lipinski definition) is 5. The quantitative estimate of drug-likeness (QED) is 0.532. The van der Waals surface area contributed by atoms with Gasteiger partial charge in [0.05, 0.1) is 13.2 Å². The molecular formula is C13H16O5. The number of methoxy groups -OCH3 is 1. The highest BCUT2D eigenvalue weighted by atomic mass is 16.6. The Balaban J connectivity index is 2.14. The molecule has 0 spiro atoms. The lowest BCUT2D eigenvalue weighted by Crippen LogP contribution is -2.62. The summed E-state index contributed by atoms with van der Waals surface area (Å²) in [6, 6.07) is 0. The first-order valence-electron chi connectivity index (χ1n) is 6.14. The highest BCUT2D eigenvalue weighted by Gasteiger charge is 2.71. The fraction of sp³-hybridized carbons (Fsp3) is 0.692. The molecule has 0 saturated carbocycles. The fourth-order valence-corrected chi connectivity index (χ4v) is 3.67. The van der Waals surface area contributed by atoms with Gasteiger partial charge in [-0.3, -0.25) is 9.59 Å². The van der Waals surface area contributed by atoms with Crippen LogP contribution in [0.4, 0.5) is 0 Å². The predicted octanol–water partition coefficient (Wildman–Crippen LogP) is 0.621. The van der Waals surface area contributed by atoms with Gasteiger partial charge in [0.2, 0.25) is 0 Å². The van der Waals surface area contributed by atoms with E-state index >= 15 is 0 Å². The predicted molar refractivity (Wildman–Crippen MR) is 60.8 cm³/mol. The third-order valence-corrected chi connectivity index (χ3v) is 4.57. The second-order valence-corrected chi connectivity index (χ2v) is 5.16. The average Bonchev–Trinajstić information content (AvgIpc) is 2.74. The molecule has 3 aliphatic heterocycles. The van der Waals surface area contributed by atoms with Crippen molar-refractivity contribution in [3.05, 3.63) is 12.7 Å². The van der Waals surface area contributed by atoms with Crippen molar-refractivity contribution in [1.29, 1.82) is 0 Å². The van der Waals surface area contributed by atoms with Gasteiger partial charge < -0.3 is 14.2 Å². The lowest BCUT2D eigenvalue weighted by Gasteiger charge is -2.49. The molecule has 2 bridgehead atoms. The van der Waals surface area contributed by atoms with E-state index in [0.29, 0.717) is 19.4 Å². The van der Waals surface area contributed by atoms with Gasteiger partial charge in [-0.15, -0.1) is 6.58 Å². The van der Waals surface area contributed by atoms with Crippen LogP contribution in [0.15, 0.2) is 12.7 Å². The summed E-state index contributed by atoms with van der Waals surface area (Å²) in [6.45, 7) is 4.24. The maximum absolute atomic E-state index is 12.2. The zero-order valence-corrected chi connectivity index (χ0v) is 10.3. The maximum Gasteiger partial charge on any atom is 0.315 e. The Morgan fingerprint density at radius 1 is 1.61 bits per heavy atom. The van der Waals surface area contributed by atoms with E-state index in [1.54, 1.807) is 6.08 Å². The molecule has 0 amide bonds. The summed E-state index contributed by atoms with van der Waals surface area (Å²) >= 11 is 0. The molecule has 3 aliphatic rings. The standard InChI is InChI=1S/C13H16O5/c1-3-13-10-6-8(14)9(18-13)7-12(13,4-5-17-10)11(15)16-2/h3,9-10H,1,4-7H2,2H3. The van der Waals surface area contributed by atoms with E-state index in [2.05, 4.69) is 6.58 Å². The van der Waals surface area contributed by atoms with E-state index < -0.39 is 23.2 Å². The number of esters is 1. The molecule has 4 unspecified atom stereocenters. The minimum absolute atomic E-state index is 0.00477. The molecule has 0 N–H and O–H groups in total. The van der Waals surface area contributed by atoms with Crippen LogP contribution in [-0.2, 0) is 23.8 Å². The normalized spacial score (nSPS) is 45.7. The van der Waals surface area contributed by atoms with Gasteiger partial charge in [0.1, 0.15) is 17.1 Å². The molecule has 0 aromatic heterocycles. The van der Waals surface area contributed by atoms with E-state index in [-0.39, 0.29) is 18.2 Å². The van der Waals surface area contributed by atoms with E-state index in [1.807, 2.05) is 0 Å². The van der Waals surface area contributed by atoms with Crippen LogP contribution in [0.3, 0.4) is 0 Å². The molecule has 5 heteroatoms. The largest absolute Gasteiger partial charge is 0.468 e. The number of fused-ring (bicyclic) bond motifs is 1. The lowest BCUT2D eigenvalue weighted by molar-refractivity contribution is -0.215. The third kappa shape index (κ3) is 1.14. The first-order chi connectivity index (χ1) is 8.59. The minimum atomic E-state index is -0.906. The Morgan fingerprint density at radius 3 is 3.06 bits per heavy atom. The molecule has 0 aromatic rings. The smallest absolute Gasteiger partial charge is 0.315 e. The van der Waals surface area contributed by atoms with Crippen molar-refractivity contribution in [3.63, 3.8) is 0 Å². The monoisotopic (exact) mass is 252 g/mol.